The van der Waals surface area contributed by atoms with Crippen molar-refractivity contribution in [1.82, 2.24) is 0 Å². The van der Waals surface area contributed by atoms with Gasteiger partial charge in [0.05, 0.1) is 31.4 Å². The van der Waals surface area contributed by atoms with E-state index in [-0.39, 0.29) is 12.3 Å². The second-order valence-corrected chi connectivity index (χ2v) is 5.30. The maximum absolute atomic E-state index is 12.3. The molecule has 5 heteroatoms. The first-order valence-electron chi connectivity index (χ1n) is 7.39. The smallest absolute Gasteiger partial charge is 0.339 e. The fourth-order valence-corrected chi connectivity index (χ4v) is 2.61. The van der Waals surface area contributed by atoms with Crippen LogP contribution in [-0.4, -0.2) is 25.6 Å². The molecule has 1 amide bonds. The normalized spacial score (nSPS) is 12.2. The third-order valence-corrected chi connectivity index (χ3v) is 3.73. The number of amides is 1. The third kappa shape index (κ3) is 3.34. The second-order valence-electron chi connectivity index (χ2n) is 5.30. The summed E-state index contributed by atoms with van der Waals surface area (Å²) in [7, 11) is 1.31. The number of fused-ring (bicyclic) bond motifs is 1. The van der Waals surface area contributed by atoms with Crippen LogP contribution in [0.1, 0.15) is 21.5 Å². The van der Waals surface area contributed by atoms with Crippen LogP contribution in [0.4, 0.5) is 5.69 Å². The van der Waals surface area contributed by atoms with Gasteiger partial charge in [-0.25, -0.2) is 4.79 Å². The lowest BCUT2D eigenvalue weighted by molar-refractivity contribution is -0.115. The van der Waals surface area contributed by atoms with E-state index in [9.17, 15) is 9.59 Å². The van der Waals surface area contributed by atoms with Crippen molar-refractivity contribution in [3.05, 3.63) is 59.2 Å². The van der Waals surface area contributed by atoms with Crippen LogP contribution in [0.3, 0.4) is 0 Å². The van der Waals surface area contributed by atoms with Crippen LogP contribution >= 0.6 is 0 Å². The van der Waals surface area contributed by atoms with E-state index in [4.69, 9.17) is 9.47 Å². The molecule has 118 valence electrons. The molecule has 0 unspecified atom stereocenters. The standard InChI is InChI=1S/C18H17NO4/c1-22-18(21)14-4-2-3-5-15(14)19-17(20)11-12-6-7-16-13(10-12)8-9-23-16/h2-7,10H,8-9,11H2,1H3,(H,19,20). The van der Waals surface area contributed by atoms with Crippen molar-refractivity contribution in [3.8, 4) is 5.75 Å². The third-order valence-electron chi connectivity index (χ3n) is 3.73. The Labute approximate surface area is 134 Å². The number of nitrogens with one attached hydrogen (secondary N) is 1. The van der Waals surface area contributed by atoms with Gasteiger partial charge in [-0.3, -0.25) is 4.79 Å². The maximum Gasteiger partial charge on any atom is 0.339 e. The first kappa shape index (κ1) is 15.1. The zero-order valence-corrected chi connectivity index (χ0v) is 12.8. The van der Waals surface area contributed by atoms with Crippen LogP contribution in [0.25, 0.3) is 0 Å². The lowest BCUT2D eigenvalue weighted by Crippen LogP contribution is -2.17. The molecule has 1 aliphatic heterocycles. The van der Waals surface area contributed by atoms with Crippen LogP contribution in [0, 0.1) is 0 Å². The van der Waals surface area contributed by atoms with Crippen LogP contribution < -0.4 is 10.1 Å². The molecule has 0 saturated carbocycles. The summed E-state index contributed by atoms with van der Waals surface area (Å²) in [5, 5.41) is 2.77. The van der Waals surface area contributed by atoms with E-state index in [2.05, 4.69) is 5.32 Å². The first-order valence-corrected chi connectivity index (χ1v) is 7.39. The Balaban J connectivity index is 1.72. The fraction of sp³-hybridized carbons (Fsp3) is 0.222. The van der Waals surface area contributed by atoms with E-state index in [0.29, 0.717) is 17.9 Å². The number of methoxy groups -OCH3 is 1. The van der Waals surface area contributed by atoms with Gasteiger partial charge < -0.3 is 14.8 Å². The molecular weight excluding hydrogens is 294 g/mol. The first-order chi connectivity index (χ1) is 11.2. The van der Waals surface area contributed by atoms with Gasteiger partial charge in [-0.2, -0.15) is 0 Å². The number of esters is 1. The quantitative estimate of drug-likeness (QED) is 0.882. The Kier molecular flexibility index (Phi) is 4.28. The summed E-state index contributed by atoms with van der Waals surface area (Å²) in [6, 6.07) is 12.6. The summed E-state index contributed by atoms with van der Waals surface area (Å²) >= 11 is 0. The van der Waals surface area contributed by atoms with Gasteiger partial charge in [-0.05, 0) is 29.3 Å². The monoisotopic (exact) mass is 311 g/mol. The lowest BCUT2D eigenvalue weighted by Gasteiger charge is -2.10. The van der Waals surface area contributed by atoms with E-state index in [1.165, 1.54) is 7.11 Å². The van der Waals surface area contributed by atoms with Gasteiger partial charge >= 0.3 is 5.97 Å². The Hall–Kier alpha value is -2.82. The molecule has 1 heterocycles. The molecule has 5 nitrogen and oxygen atoms in total. The van der Waals surface area contributed by atoms with Crippen molar-refractivity contribution in [3.63, 3.8) is 0 Å². The number of hydrogen-bond acceptors (Lipinski definition) is 4. The molecule has 2 aromatic rings. The fourth-order valence-electron chi connectivity index (χ4n) is 2.61. The van der Waals surface area contributed by atoms with Crippen molar-refractivity contribution in [2.75, 3.05) is 19.0 Å². The number of anilines is 1. The molecule has 1 aliphatic rings. The minimum absolute atomic E-state index is 0.180. The van der Waals surface area contributed by atoms with Crippen molar-refractivity contribution in [2.24, 2.45) is 0 Å². The molecule has 0 bridgehead atoms. The molecule has 0 radical (unpaired) electrons. The van der Waals surface area contributed by atoms with E-state index < -0.39 is 5.97 Å². The molecule has 2 aromatic carbocycles. The summed E-state index contributed by atoms with van der Waals surface area (Å²) in [5.74, 6) is 0.237. The van der Waals surface area contributed by atoms with Crippen LogP contribution in [0.5, 0.6) is 5.75 Å². The van der Waals surface area contributed by atoms with Gasteiger partial charge in [0.25, 0.3) is 0 Å². The Morgan fingerprint density at radius 2 is 2.04 bits per heavy atom. The summed E-state index contributed by atoms with van der Waals surface area (Å²) in [4.78, 5) is 24.0. The molecule has 23 heavy (non-hydrogen) atoms. The number of benzene rings is 2. The Bertz CT molecular complexity index is 754. The zero-order chi connectivity index (χ0) is 16.2. The summed E-state index contributed by atoms with van der Waals surface area (Å²) < 4.78 is 10.2. The van der Waals surface area contributed by atoms with E-state index in [0.717, 1.165) is 23.3 Å². The zero-order valence-electron chi connectivity index (χ0n) is 12.8. The highest BCUT2D eigenvalue weighted by atomic mass is 16.5. The summed E-state index contributed by atoms with van der Waals surface area (Å²) in [6.45, 7) is 0.692. The van der Waals surface area contributed by atoms with Gasteiger partial charge in [0.2, 0.25) is 5.91 Å². The minimum atomic E-state index is -0.476. The van der Waals surface area contributed by atoms with Crippen molar-refractivity contribution in [1.29, 1.82) is 0 Å². The number of ether oxygens (including phenoxy) is 2. The van der Waals surface area contributed by atoms with Gasteiger partial charge in [0.1, 0.15) is 5.75 Å². The lowest BCUT2D eigenvalue weighted by atomic mass is 10.1. The SMILES string of the molecule is COC(=O)c1ccccc1NC(=O)Cc1ccc2c(c1)CCO2. The highest BCUT2D eigenvalue weighted by Gasteiger charge is 2.15. The number of hydrogen-bond donors (Lipinski definition) is 1. The van der Waals surface area contributed by atoms with E-state index in [1.54, 1.807) is 24.3 Å². The van der Waals surface area contributed by atoms with Crippen LogP contribution in [-0.2, 0) is 22.4 Å². The van der Waals surface area contributed by atoms with Gasteiger partial charge in [0, 0.05) is 6.42 Å². The molecule has 1 N–H and O–H groups in total. The average Bonchev–Trinajstić information content (AvgIpc) is 3.02. The van der Waals surface area contributed by atoms with Crippen molar-refractivity contribution >= 4 is 17.6 Å². The average molecular weight is 311 g/mol. The molecule has 3 rings (SSSR count). The van der Waals surface area contributed by atoms with Crippen LogP contribution in [0.15, 0.2) is 42.5 Å². The van der Waals surface area contributed by atoms with E-state index >= 15 is 0 Å². The number of para-hydroxylation sites is 1. The summed E-state index contributed by atoms with van der Waals surface area (Å²) in [5.41, 5.74) is 2.84. The number of carbonyl (C=O) groups is 2. The minimum Gasteiger partial charge on any atom is -0.493 e. The topological polar surface area (TPSA) is 64.6 Å². The van der Waals surface area contributed by atoms with Gasteiger partial charge in [-0.1, -0.05) is 24.3 Å². The molecule has 0 aromatic heterocycles. The molecule has 0 aliphatic carbocycles. The van der Waals surface area contributed by atoms with E-state index in [1.807, 2.05) is 18.2 Å². The number of carbonyl (C=O) groups excluding carboxylic acids is 2. The van der Waals surface area contributed by atoms with Gasteiger partial charge in [-0.15, -0.1) is 0 Å². The van der Waals surface area contributed by atoms with Gasteiger partial charge in [0.15, 0.2) is 0 Å². The van der Waals surface area contributed by atoms with Crippen LogP contribution in [0.2, 0.25) is 0 Å². The Morgan fingerprint density at radius 3 is 2.87 bits per heavy atom. The molecule has 0 saturated heterocycles. The van der Waals surface area contributed by atoms with Crippen molar-refractivity contribution < 1.29 is 19.1 Å². The molecule has 0 spiro atoms. The molecular formula is C18H17NO4. The predicted molar refractivity (Wildman–Crippen MR) is 85.8 cm³/mol. The summed E-state index contributed by atoms with van der Waals surface area (Å²) in [6.07, 6.45) is 1.11. The van der Waals surface area contributed by atoms with Crippen molar-refractivity contribution in [2.45, 2.75) is 12.8 Å². The largest absolute Gasteiger partial charge is 0.493 e. The highest BCUT2D eigenvalue weighted by Crippen LogP contribution is 2.26. The maximum atomic E-state index is 12.3. The second kappa shape index (κ2) is 6.52. The Morgan fingerprint density at radius 1 is 1.22 bits per heavy atom. The molecule has 0 atom stereocenters. The molecule has 0 fully saturated rings. The predicted octanol–water partition coefficient (Wildman–Crippen LogP) is 2.59. The number of rotatable bonds is 4. The highest BCUT2D eigenvalue weighted by molar-refractivity contribution is 6.01.